The number of halogens is 1. The lowest BCUT2D eigenvalue weighted by molar-refractivity contribution is 0.852. The lowest BCUT2D eigenvalue weighted by Gasteiger charge is -2.04. The molecule has 0 aliphatic rings. The van der Waals surface area contributed by atoms with E-state index in [4.69, 9.17) is 11.6 Å². The Morgan fingerprint density at radius 1 is 1.36 bits per heavy atom. The van der Waals surface area contributed by atoms with Gasteiger partial charge >= 0.3 is 0 Å². The summed E-state index contributed by atoms with van der Waals surface area (Å²) in [5.74, 6) is 0. The van der Waals surface area contributed by atoms with Crippen LogP contribution in [0.5, 0.6) is 0 Å². The van der Waals surface area contributed by atoms with Crippen molar-refractivity contribution < 1.29 is 0 Å². The van der Waals surface area contributed by atoms with Crippen molar-refractivity contribution in [2.75, 3.05) is 0 Å². The molecule has 0 amide bonds. The fourth-order valence-corrected chi connectivity index (χ4v) is 1.44. The molecule has 0 spiro atoms. The zero-order valence-corrected chi connectivity index (χ0v) is 8.78. The van der Waals surface area contributed by atoms with Crippen LogP contribution in [0.1, 0.15) is 11.3 Å². The summed E-state index contributed by atoms with van der Waals surface area (Å²) in [4.78, 5) is 4.00. The van der Waals surface area contributed by atoms with Crippen molar-refractivity contribution >= 4 is 11.6 Å². The van der Waals surface area contributed by atoms with Gasteiger partial charge < -0.3 is 0 Å². The normalized spacial score (nSPS) is 10.5. The zero-order valence-electron chi connectivity index (χ0n) is 8.03. The standard InChI is InChI=1S/C10H10ClN3/c1-7-6-12-10(11)5-9(7)14-4-3-8(2)13-14/h3-6H,1-2H3. The Morgan fingerprint density at radius 3 is 2.79 bits per heavy atom. The van der Waals surface area contributed by atoms with Crippen LogP contribution in [0, 0.1) is 13.8 Å². The van der Waals surface area contributed by atoms with Gasteiger partial charge in [-0.1, -0.05) is 11.6 Å². The maximum absolute atomic E-state index is 5.82. The van der Waals surface area contributed by atoms with Gasteiger partial charge in [-0.15, -0.1) is 0 Å². The Bertz CT molecular complexity index is 462. The van der Waals surface area contributed by atoms with E-state index in [0.29, 0.717) is 5.15 Å². The summed E-state index contributed by atoms with van der Waals surface area (Å²) < 4.78 is 1.80. The molecule has 2 aromatic rings. The molecule has 0 radical (unpaired) electrons. The first-order chi connectivity index (χ1) is 6.66. The fraction of sp³-hybridized carbons (Fsp3) is 0.200. The molecule has 0 unspecified atom stereocenters. The number of hydrogen-bond acceptors (Lipinski definition) is 2. The SMILES string of the molecule is Cc1ccn(-c2cc(Cl)ncc2C)n1. The number of pyridine rings is 1. The predicted octanol–water partition coefficient (Wildman–Crippen LogP) is 2.54. The van der Waals surface area contributed by atoms with E-state index >= 15 is 0 Å². The van der Waals surface area contributed by atoms with Crippen LogP contribution in [0.2, 0.25) is 5.15 Å². The van der Waals surface area contributed by atoms with Crippen molar-refractivity contribution in [2.45, 2.75) is 13.8 Å². The summed E-state index contributed by atoms with van der Waals surface area (Å²) >= 11 is 5.82. The first-order valence-corrected chi connectivity index (χ1v) is 4.69. The molecule has 0 aliphatic heterocycles. The van der Waals surface area contributed by atoms with Gasteiger partial charge in [-0.3, -0.25) is 0 Å². The van der Waals surface area contributed by atoms with E-state index in [0.717, 1.165) is 16.9 Å². The van der Waals surface area contributed by atoms with Crippen molar-refractivity contribution in [1.29, 1.82) is 0 Å². The molecule has 0 bridgehead atoms. The molecule has 0 N–H and O–H groups in total. The van der Waals surface area contributed by atoms with Gasteiger partial charge in [-0.25, -0.2) is 9.67 Å². The molecule has 2 heterocycles. The van der Waals surface area contributed by atoms with Gasteiger partial charge in [-0.2, -0.15) is 5.10 Å². The van der Waals surface area contributed by atoms with E-state index in [-0.39, 0.29) is 0 Å². The predicted molar refractivity (Wildman–Crippen MR) is 55.8 cm³/mol. The van der Waals surface area contributed by atoms with Crippen LogP contribution < -0.4 is 0 Å². The minimum Gasteiger partial charge on any atom is -0.244 e. The number of nitrogens with zero attached hydrogens (tertiary/aromatic N) is 3. The van der Waals surface area contributed by atoms with Gasteiger partial charge in [0.15, 0.2) is 0 Å². The molecule has 0 fully saturated rings. The molecule has 0 aromatic carbocycles. The smallest absolute Gasteiger partial charge is 0.131 e. The summed E-state index contributed by atoms with van der Waals surface area (Å²) in [6.45, 7) is 3.93. The maximum Gasteiger partial charge on any atom is 0.131 e. The topological polar surface area (TPSA) is 30.7 Å². The number of aryl methyl sites for hydroxylation is 2. The maximum atomic E-state index is 5.82. The van der Waals surface area contributed by atoms with Crippen molar-refractivity contribution in [3.8, 4) is 5.69 Å². The van der Waals surface area contributed by atoms with Crippen molar-refractivity contribution in [3.05, 3.63) is 40.9 Å². The lowest BCUT2D eigenvalue weighted by atomic mass is 10.3. The van der Waals surface area contributed by atoms with Crippen LogP contribution in [-0.2, 0) is 0 Å². The zero-order chi connectivity index (χ0) is 10.1. The highest BCUT2D eigenvalue weighted by atomic mass is 35.5. The Hall–Kier alpha value is -1.35. The van der Waals surface area contributed by atoms with E-state index in [1.54, 1.807) is 10.9 Å². The molecule has 72 valence electrons. The second-order valence-electron chi connectivity index (χ2n) is 3.20. The summed E-state index contributed by atoms with van der Waals surface area (Å²) in [7, 11) is 0. The van der Waals surface area contributed by atoms with Crippen molar-refractivity contribution in [3.63, 3.8) is 0 Å². The third-order valence-electron chi connectivity index (χ3n) is 2.01. The summed E-state index contributed by atoms with van der Waals surface area (Å²) in [5, 5.41) is 4.80. The molecule has 2 aromatic heterocycles. The second kappa shape index (κ2) is 3.42. The third kappa shape index (κ3) is 1.63. The number of aromatic nitrogens is 3. The molecule has 4 heteroatoms. The van der Waals surface area contributed by atoms with Crippen LogP contribution in [0.15, 0.2) is 24.5 Å². The molecule has 0 atom stereocenters. The fourth-order valence-electron chi connectivity index (χ4n) is 1.28. The largest absolute Gasteiger partial charge is 0.244 e. The molecule has 3 nitrogen and oxygen atoms in total. The molecular weight excluding hydrogens is 198 g/mol. The first kappa shape index (κ1) is 9.21. The Kier molecular flexibility index (Phi) is 2.25. The molecule has 2 rings (SSSR count). The minimum absolute atomic E-state index is 0.485. The van der Waals surface area contributed by atoms with Crippen LogP contribution >= 0.6 is 11.6 Å². The van der Waals surface area contributed by atoms with Crippen LogP contribution in [0.4, 0.5) is 0 Å². The van der Waals surface area contributed by atoms with Gasteiger partial charge in [0.25, 0.3) is 0 Å². The van der Waals surface area contributed by atoms with Gasteiger partial charge in [0.1, 0.15) is 5.15 Å². The minimum atomic E-state index is 0.485. The first-order valence-electron chi connectivity index (χ1n) is 4.31. The highest BCUT2D eigenvalue weighted by molar-refractivity contribution is 6.29. The van der Waals surface area contributed by atoms with Gasteiger partial charge in [0.05, 0.1) is 11.4 Å². The van der Waals surface area contributed by atoms with Gasteiger partial charge in [0, 0.05) is 18.5 Å². The average molecular weight is 208 g/mol. The van der Waals surface area contributed by atoms with Gasteiger partial charge in [0.2, 0.25) is 0 Å². The summed E-state index contributed by atoms with van der Waals surface area (Å²) in [5.41, 5.74) is 3.01. The van der Waals surface area contributed by atoms with E-state index in [2.05, 4.69) is 10.1 Å². The Labute approximate surface area is 87.3 Å². The highest BCUT2D eigenvalue weighted by Crippen LogP contribution is 2.16. The number of rotatable bonds is 1. The Balaban J connectivity index is 2.55. The van der Waals surface area contributed by atoms with Crippen molar-refractivity contribution in [1.82, 2.24) is 14.8 Å². The van der Waals surface area contributed by atoms with Gasteiger partial charge in [-0.05, 0) is 25.5 Å². The van der Waals surface area contributed by atoms with Crippen molar-refractivity contribution in [2.24, 2.45) is 0 Å². The monoisotopic (exact) mass is 207 g/mol. The number of hydrogen-bond donors (Lipinski definition) is 0. The molecule has 0 saturated carbocycles. The second-order valence-corrected chi connectivity index (χ2v) is 3.58. The lowest BCUT2D eigenvalue weighted by Crippen LogP contribution is -1.98. The summed E-state index contributed by atoms with van der Waals surface area (Å²) in [6.07, 6.45) is 3.66. The Morgan fingerprint density at radius 2 is 2.14 bits per heavy atom. The van der Waals surface area contributed by atoms with E-state index in [1.807, 2.05) is 32.2 Å². The van der Waals surface area contributed by atoms with Crippen LogP contribution in [-0.4, -0.2) is 14.8 Å². The quantitative estimate of drug-likeness (QED) is 0.673. The molecular formula is C10H10ClN3. The van der Waals surface area contributed by atoms with E-state index in [9.17, 15) is 0 Å². The summed E-state index contributed by atoms with van der Waals surface area (Å²) in [6, 6.07) is 3.76. The molecule has 0 aliphatic carbocycles. The van der Waals surface area contributed by atoms with Crippen LogP contribution in [0.3, 0.4) is 0 Å². The molecule has 0 saturated heterocycles. The third-order valence-corrected chi connectivity index (χ3v) is 2.22. The molecule has 14 heavy (non-hydrogen) atoms. The van der Waals surface area contributed by atoms with Crippen LogP contribution in [0.25, 0.3) is 5.69 Å². The van der Waals surface area contributed by atoms with E-state index in [1.165, 1.54) is 0 Å². The van der Waals surface area contributed by atoms with E-state index < -0.39 is 0 Å². The highest BCUT2D eigenvalue weighted by Gasteiger charge is 2.03. The average Bonchev–Trinajstić information content (AvgIpc) is 2.56.